The summed E-state index contributed by atoms with van der Waals surface area (Å²) in [6, 6.07) is 12.0. The number of hydrogen-bond acceptors (Lipinski definition) is 0. The van der Waals surface area contributed by atoms with E-state index in [-0.39, 0.29) is 5.56 Å². The third kappa shape index (κ3) is 1.39. The molecule has 0 amide bonds. The van der Waals surface area contributed by atoms with E-state index in [2.05, 4.69) is 0 Å². The maximum Gasteiger partial charge on any atom is 0.340 e. The third-order valence-electron chi connectivity index (χ3n) is 1.99. The fourth-order valence-electron chi connectivity index (χ4n) is 1.39. The molecule has 1 radical (unpaired) electrons. The van der Waals surface area contributed by atoms with Gasteiger partial charge < -0.3 is 0 Å². The second-order valence-electron chi connectivity index (χ2n) is 2.79. The molecule has 0 aliphatic rings. The van der Waals surface area contributed by atoms with Crippen LogP contribution in [0, 0.1) is 6.43 Å². The van der Waals surface area contributed by atoms with Crippen LogP contribution in [0.3, 0.4) is 0 Å². The molecule has 2 rings (SSSR count). The number of hydrogen-bond donors (Lipinski definition) is 0. The van der Waals surface area contributed by atoms with Gasteiger partial charge >= 0.3 is 6.43 Å². The van der Waals surface area contributed by atoms with E-state index < -0.39 is 6.43 Å². The van der Waals surface area contributed by atoms with Gasteiger partial charge in [-0.25, -0.2) is 0 Å². The minimum absolute atomic E-state index is 0.0260. The fourth-order valence-corrected chi connectivity index (χ4v) is 1.39. The van der Waals surface area contributed by atoms with E-state index in [1.807, 2.05) is 18.2 Å². The largest absolute Gasteiger partial charge is 0.340 e. The van der Waals surface area contributed by atoms with Crippen molar-refractivity contribution in [2.24, 2.45) is 0 Å². The van der Waals surface area contributed by atoms with Gasteiger partial charge in [-0.05, 0) is 10.8 Å². The minimum atomic E-state index is -1.63. The summed E-state index contributed by atoms with van der Waals surface area (Å²) >= 11 is 0. The zero-order valence-electron chi connectivity index (χ0n) is 6.80. The van der Waals surface area contributed by atoms with E-state index in [0.717, 1.165) is 5.39 Å². The van der Waals surface area contributed by atoms with Crippen molar-refractivity contribution in [2.75, 3.05) is 0 Å². The maximum atomic E-state index is 12.4. The Morgan fingerprint density at radius 2 is 1.54 bits per heavy atom. The molecule has 0 saturated carbocycles. The summed E-state index contributed by atoms with van der Waals surface area (Å²) in [6.07, 6.45) is -1.63. The van der Waals surface area contributed by atoms with Crippen LogP contribution in [0.1, 0.15) is 5.56 Å². The van der Waals surface area contributed by atoms with E-state index in [4.69, 9.17) is 0 Å². The fraction of sp³-hybridized carbons (Fsp3) is 0. The highest BCUT2D eigenvalue weighted by atomic mass is 19.3. The van der Waals surface area contributed by atoms with Gasteiger partial charge in [0.25, 0.3) is 0 Å². The van der Waals surface area contributed by atoms with Gasteiger partial charge in [-0.15, -0.1) is 0 Å². The van der Waals surface area contributed by atoms with Crippen LogP contribution < -0.4 is 0 Å². The van der Waals surface area contributed by atoms with Crippen molar-refractivity contribution in [3.05, 3.63) is 54.5 Å². The average Bonchev–Trinajstić information content (AvgIpc) is 2.17. The molecule has 0 fully saturated rings. The zero-order valence-corrected chi connectivity index (χ0v) is 6.80. The first-order chi connectivity index (χ1) is 6.29. The van der Waals surface area contributed by atoms with Crippen LogP contribution in [0.15, 0.2) is 42.5 Å². The number of fused-ring (bicyclic) bond motifs is 1. The molecule has 0 atom stereocenters. The molecule has 0 aromatic heterocycles. The number of benzene rings is 2. The molecule has 2 aromatic carbocycles. The normalized spacial score (nSPS) is 11.0. The molecule has 0 saturated heterocycles. The molecular formula is C11H7F2. The van der Waals surface area contributed by atoms with Crippen molar-refractivity contribution in [1.82, 2.24) is 0 Å². The summed E-state index contributed by atoms with van der Waals surface area (Å²) in [5.74, 6) is 0. The van der Waals surface area contributed by atoms with Gasteiger partial charge in [0.2, 0.25) is 0 Å². The topological polar surface area (TPSA) is 0 Å². The van der Waals surface area contributed by atoms with Crippen molar-refractivity contribution in [3.8, 4) is 0 Å². The minimum Gasteiger partial charge on any atom is -0.194 e. The molecule has 0 unspecified atom stereocenters. The standard InChI is InChI=1S/C11H7F2/c12-11(13)10-7-3-5-8-4-1-2-6-9(8)10/h1-7H. The smallest absolute Gasteiger partial charge is 0.194 e. The van der Waals surface area contributed by atoms with E-state index in [1.165, 1.54) is 6.07 Å². The predicted octanol–water partition coefficient (Wildman–Crippen LogP) is 3.62. The van der Waals surface area contributed by atoms with Crippen LogP contribution in [0.2, 0.25) is 0 Å². The van der Waals surface area contributed by atoms with Gasteiger partial charge in [0.05, 0.1) is 0 Å². The molecule has 13 heavy (non-hydrogen) atoms. The van der Waals surface area contributed by atoms with Crippen molar-refractivity contribution in [3.63, 3.8) is 0 Å². The van der Waals surface area contributed by atoms with Crippen LogP contribution >= 0.6 is 0 Å². The summed E-state index contributed by atoms with van der Waals surface area (Å²) < 4.78 is 24.8. The monoisotopic (exact) mass is 177 g/mol. The first-order valence-electron chi connectivity index (χ1n) is 3.95. The molecule has 0 heterocycles. The lowest BCUT2D eigenvalue weighted by Crippen LogP contribution is -1.86. The summed E-state index contributed by atoms with van der Waals surface area (Å²) in [4.78, 5) is 0. The summed E-state index contributed by atoms with van der Waals surface area (Å²) in [7, 11) is 0. The summed E-state index contributed by atoms with van der Waals surface area (Å²) in [5.41, 5.74) is 0.0260. The Bertz CT molecular complexity index is 416. The Morgan fingerprint density at radius 3 is 2.31 bits per heavy atom. The van der Waals surface area contributed by atoms with Gasteiger partial charge in [0.1, 0.15) is 0 Å². The maximum absolute atomic E-state index is 12.4. The Hall–Kier alpha value is -1.44. The summed E-state index contributed by atoms with van der Waals surface area (Å²) in [5, 5.41) is 1.44. The first kappa shape index (κ1) is 8.17. The van der Waals surface area contributed by atoms with Gasteiger partial charge in [0.15, 0.2) is 0 Å². The van der Waals surface area contributed by atoms with Crippen LogP contribution in [0.5, 0.6) is 0 Å². The highest BCUT2D eigenvalue weighted by Gasteiger charge is 2.12. The lowest BCUT2D eigenvalue weighted by atomic mass is 10.1. The Kier molecular flexibility index (Phi) is 1.97. The second-order valence-corrected chi connectivity index (χ2v) is 2.79. The van der Waals surface area contributed by atoms with E-state index >= 15 is 0 Å². The van der Waals surface area contributed by atoms with Gasteiger partial charge in [-0.3, -0.25) is 0 Å². The lowest BCUT2D eigenvalue weighted by Gasteiger charge is -2.02. The number of halogens is 2. The van der Waals surface area contributed by atoms with Crippen molar-refractivity contribution in [1.29, 1.82) is 0 Å². The molecule has 0 spiro atoms. The summed E-state index contributed by atoms with van der Waals surface area (Å²) in [6.45, 7) is 0. The van der Waals surface area contributed by atoms with Crippen LogP contribution in [-0.2, 0) is 0 Å². The van der Waals surface area contributed by atoms with E-state index in [0.29, 0.717) is 5.39 Å². The van der Waals surface area contributed by atoms with Gasteiger partial charge in [0, 0.05) is 5.56 Å². The molecule has 2 aromatic rings. The number of rotatable bonds is 1. The average molecular weight is 177 g/mol. The van der Waals surface area contributed by atoms with Crippen molar-refractivity contribution >= 4 is 10.8 Å². The SMILES string of the molecule is F[C](F)c1cccc2ccccc12. The van der Waals surface area contributed by atoms with Crippen LogP contribution in [0.4, 0.5) is 8.78 Å². The zero-order chi connectivity index (χ0) is 9.26. The van der Waals surface area contributed by atoms with Gasteiger partial charge in [-0.2, -0.15) is 8.78 Å². The molecule has 0 nitrogen and oxygen atoms in total. The molecule has 0 aliphatic heterocycles. The molecule has 2 heteroatoms. The van der Waals surface area contributed by atoms with E-state index in [9.17, 15) is 8.78 Å². The highest BCUT2D eigenvalue weighted by molar-refractivity contribution is 5.86. The van der Waals surface area contributed by atoms with Crippen LogP contribution in [0.25, 0.3) is 10.8 Å². The molecule has 0 aliphatic carbocycles. The van der Waals surface area contributed by atoms with E-state index in [1.54, 1.807) is 18.2 Å². The molecule has 0 bridgehead atoms. The highest BCUT2D eigenvalue weighted by Crippen LogP contribution is 2.26. The second kappa shape index (κ2) is 3.13. The van der Waals surface area contributed by atoms with Crippen molar-refractivity contribution in [2.45, 2.75) is 0 Å². The molecule has 65 valence electrons. The molecular weight excluding hydrogens is 170 g/mol. The Labute approximate surface area is 74.8 Å². The van der Waals surface area contributed by atoms with Gasteiger partial charge in [-0.1, -0.05) is 42.5 Å². The Balaban J connectivity index is 2.76. The molecule has 0 N–H and O–H groups in total. The third-order valence-corrected chi connectivity index (χ3v) is 1.99. The predicted molar refractivity (Wildman–Crippen MR) is 48.5 cm³/mol. The van der Waals surface area contributed by atoms with Crippen molar-refractivity contribution < 1.29 is 8.78 Å². The first-order valence-corrected chi connectivity index (χ1v) is 3.95. The van der Waals surface area contributed by atoms with Crippen LogP contribution in [-0.4, -0.2) is 0 Å². The Morgan fingerprint density at radius 1 is 0.846 bits per heavy atom. The lowest BCUT2D eigenvalue weighted by molar-refractivity contribution is 0.326. The quantitative estimate of drug-likeness (QED) is 0.624.